The maximum Gasteiger partial charge on any atom is 1.00 e. The van der Waals surface area contributed by atoms with Gasteiger partial charge >= 0.3 is 59.1 Å². The maximum atomic E-state index is 10.7. The molecule has 4 rings (SSSR count). The zero-order valence-electron chi connectivity index (χ0n) is 16.7. The van der Waals surface area contributed by atoms with Crippen molar-refractivity contribution >= 4 is 24.8 Å². The first-order chi connectivity index (χ1) is 13.3. The van der Waals surface area contributed by atoms with Crippen LogP contribution in [0.15, 0.2) is 12.7 Å². The summed E-state index contributed by atoms with van der Waals surface area (Å²) in [6.07, 6.45) is 2.04. The molecule has 3 N–H and O–H groups in total. The molecule has 0 bridgehead atoms. The minimum atomic E-state index is -5.23. The third-order valence-corrected chi connectivity index (χ3v) is 5.53. The summed E-state index contributed by atoms with van der Waals surface area (Å²) >= 11 is 0. The number of nitrogens with zero attached hydrogens (tertiary/aromatic N) is 4. The number of anilines is 1. The molecule has 3 heterocycles. The molecule has 0 radical (unpaired) electrons. The van der Waals surface area contributed by atoms with E-state index in [4.69, 9.17) is 4.74 Å². The monoisotopic (exact) mass is 459 g/mol. The molecule has 30 heavy (non-hydrogen) atoms. The van der Waals surface area contributed by atoms with Crippen molar-refractivity contribution in [3.8, 4) is 0 Å². The number of aliphatic hydroxyl groups is 2. The first kappa shape index (κ1) is 26.6. The summed E-state index contributed by atoms with van der Waals surface area (Å²) in [6.45, 7) is -0.699. The predicted octanol–water partition coefficient (Wildman–Crippen LogP) is -7.35. The Kier molecular flexibility index (Phi) is 9.73. The fourth-order valence-corrected chi connectivity index (χ4v) is 4.00. The molecule has 4 atom stereocenters. The van der Waals surface area contributed by atoms with E-state index in [0.29, 0.717) is 23.0 Å². The Morgan fingerprint density at radius 3 is 2.57 bits per heavy atom. The molecule has 154 valence electrons. The number of hydrogen-bond acceptors (Lipinski definition) is 11. The van der Waals surface area contributed by atoms with Crippen molar-refractivity contribution in [2.45, 2.75) is 56.3 Å². The third-order valence-electron chi connectivity index (χ3n) is 5.06. The number of phosphoric ester groups is 1. The molecule has 0 aromatic carbocycles. The van der Waals surface area contributed by atoms with Gasteiger partial charge in [-0.1, -0.05) is 12.8 Å². The van der Waals surface area contributed by atoms with Crippen molar-refractivity contribution < 1.29 is 92.9 Å². The maximum absolute atomic E-state index is 10.7. The first-order valence-corrected chi connectivity index (χ1v) is 10.4. The van der Waals surface area contributed by atoms with Crippen molar-refractivity contribution in [3.05, 3.63) is 12.7 Å². The van der Waals surface area contributed by atoms with Gasteiger partial charge in [0.05, 0.1) is 20.8 Å². The number of ether oxygens (including phenoxy) is 1. The number of aromatic nitrogens is 4. The molecule has 0 unspecified atom stereocenters. The topological polar surface area (TPSA) is 178 Å². The number of imidazole rings is 1. The molecule has 2 aliphatic rings. The summed E-state index contributed by atoms with van der Waals surface area (Å²) in [5.41, 5.74) is 0.870. The largest absolute Gasteiger partial charge is 1.00 e. The molecular weight excluding hydrogens is 439 g/mol. The van der Waals surface area contributed by atoms with Gasteiger partial charge in [-0.25, -0.2) is 15.0 Å². The number of aliphatic hydroxyl groups excluding tert-OH is 2. The van der Waals surface area contributed by atoms with Crippen molar-refractivity contribution in [2.24, 2.45) is 0 Å². The number of hydrogen-bond donors (Lipinski definition) is 3. The van der Waals surface area contributed by atoms with E-state index in [1.54, 1.807) is 0 Å². The Bertz CT molecular complexity index is 893. The average molecular weight is 459 g/mol. The van der Waals surface area contributed by atoms with Gasteiger partial charge in [-0.15, -0.1) is 0 Å². The van der Waals surface area contributed by atoms with Crippen LogP contribution in [0.2, 0.25) is 0 Å². The van der Waals surface area contributed by atoms with Crippen LogP contribution in [-0.2, 0) is 13.8 Å². The normalized spacial score (nSPS) is 27.1. The van der Waals surface area contributed by atoms with Crippen LogP contribution >= 0.6 is 7.82 Å². The van der Waals surface area contributed by atoms with Crippen LogP contribution in [0.4, 0.5) is 5.82 Å². The van der Waals surface area contributed by atoms with Crippen LogP contribution in [0, 0.1) is 0 Å². The Hall–Kier alpha value is 0.340. The van der Waals surface area contributed by atoms with Crippen LogP contribution in [-0.4, -0.2) is 60.7 Å². The zero-order valence-corrected chi connectivity index (χ0v) is 21.6. The van der Waals surface area contributed by atoms with Crippen LogP contribution in [0.5, 0.6) is 0 Å². The minimum absolute atomic E-state index is 0. The zero-order chi connectivity index (χ0) is 19.9. The molecule has 12 nitrogen and oxygen atoms in total. The Morgan fingerprint density at radius 2 is 1.90 bits per heavy atom. The molecule has 0 spiro atoms. The Balaban J connectivity index is 0.00000160. The summed E-state index contributed by atoms with van der Waals surface area (Å²) in [7, 11) is -5.23. The minimum Gasteiger partial charge on any atom is -0.790 e. The van der Waals surface area contributed by atoms with Gasteiger partial charge in [-0.05, 0) is 12.8 Å². The van der Waals surface area contributed by atoms with Gasteiger partial charge in [-0.3, -0.25) is 4.57 Å². The molecule has 2 aromatic rings. The fourth-order valence-electron chi connectivity index (χ4n) is 3.67. The first-order valence-electron chi connectivity index (χ1n) is 8.96. The Morgan fingerprint density at radius 1 is 1.20 bits per heavy atom. The van der Waals surface area contributed by atoms with Gasteiger partial charge in [0.1, 0.15) is 24.6 Å². The van der Waals surface area contributed by atoms with E-state index < -0.39 is 39.0 Å². The smallest absolute Gasteiger partial charge is 0.790 e. The van der Waals surface area contributed by atoms with Crippen molar-refractivity contribution in [2.75, 3.05) is 11.9 Å². The van der Waals surface area contributed by atoms with E-state index in [0.717, 1.165) is 25.7 Å². The molecular formula is C15H20N5Na2O7P. The van der Waals surface area contributed by atoms with Crippen LogP contribution in [0.1, 0.15) is 31.9 Å². The molecule has 1 saturated heterocycles. The van der Waals surface area contributed by atoms with Crippen molar-refractivity contribution in [3.63, 3.8) is 0 Å². The van der Waals surface area contributed by atoms with Gasteiger partial charge in [0.15, 0.2) is 23.2 Å². The molecule has 2 aromatic heterocycles. The standard InChI is InChI=1S/C15H22N5O7P.2Na/c21-11-9(5-26-28(23,24)25)27-15(12(11)22)20-7-18-10-13(16-6-17-14(10)20)19-8-3-1-2-4-8;;/h6-9,11-12,15,21-22H,1-5H2,(H,16,17,19)(H2,23,24,25);;/q;2*+1/p-2/t9-,11-,12-,15-;;/m1../s1. The number of fused-ring (bicyclic) bond motifs is 1. The molecule has 15 heteroatoms. The quantitative estimate of drug-likeness (QED) is 0.276. The van der Waals surface area contributed by atoms with E-state index in [9.17, 15) is 24.6 Å². The average Bonchev–Trinajstić information content (AvgIpc) is 3.35. The van der Waals surface area contributed by atoms with E-state index in [-0.39, 0.29) is 59.1 Å². The van der Waals surface area contributed by atoms with Crippen molar-refractivity contribution in [1.82, 2.24) is 19.5 Å². The second kappa shape index (κ2) is 11.0. The predicted molar refractivity (Wildman–Crippen MR) is 90.7 cm³/mol. The van der Waals surface area contributed by atoms with Crippen molar-refractivity contribution in [1.29, 1.82) is 0 Å². The van der Waals surface area contributed by atoms with Gasteiger partial charge in [-0.2, -0.15) is 0 Å². The third kappa shape index (κ3) is 5.82. The molecule has 1 aliphatic carbocycles. The van der Waals surface area contributed by atoms with Gasteiger partial charge < -0.3 is 39.1 Å². The second-order valence-corrected chi connectivity index (χ2v) is 8.11. The Labute approximate surface area is 216 Å². The molecule has 1 saturated carbocycles. The second-order valence-electron chi connectivity index (χ2n) is 6.96. The summed E-state index contributed by atoms with van der Waals surface area (Å²) in [5, 5.41) is 23.8. The summed E-state index contributed by atoms with van der Waals surface area (Å²) in [6, 6.07) is 0.315. The van der Waals surface area contributed by atoms with E-state index in [2.05, 4.69) is 24.8 Å². The van der Waals surface area contributed by atoms with Crippen LogP contribution in [0.3, 0.4) is 0 Å². The van der Waals surface area contributed by atoms with Crippen LogP contribution in [0.25, 0.3) is 11.2 Å². The van der Waals surface area contributed by atoms with Gasteiger partial charge in [0.2, 0.25) is 0 Å². The fraction of sp³-hybridized carbons (Fsp3) is 0.667. The summed E-state index contributed by atoms with van der Waals surface area (Å²) in [5.74, 6) is 0.571. The van der Waals surface area contributed by atoms with Crippen LogP contribution < -0.4 is 74.2 Å². The number of phosphoric acid groups is 1. The van der Waals surface area contributed by atoms with E-state index in [1.165, 1.54) is 17.2 Å². The number of nitrogens with one attached hydrogen (secondary N) is 1. The van der Waals surface area contributed by atoms with E-state index >= 15 is 0 Å². The number of rotatable bonds is 6. The molecule has 0 amide bonds. The SMILES string of the molecule is O=P([O-])([O-])OC[C@H]1O[C@@H](n2cnc3c(NC4CCCC4)ncnc32)[C@H](O)[C@@H]1O.[Na+].[Na+]. The van der Waals surface area contributed by atoms with Gasteiger partial charge in [0, 0.05) is 6.04 Å². The van der Waals surface area contributed by atoms with Gasteiger partial charge in [0.25, 0.3) is 0 Å². The summed E-state index contributed by atoms with van der Waals surface area (Å²) < 4.78 is 21.8. The molecule has 2 fully saturated rings. The van der Waals surface area contributed by atoms with E-state index in [1.807, 2.05) is 0 Å². The molecule has 1 aliphatic heterocycles. The summed E-state index contributed by atoms with van der Waals surface area (Å²) in [4.78, 5) is 34.0.